The number of aliphatic hydroxyl groups is 1. The molecular formula is C21H22NO4PS. The number of aliphatic carboxylic acids is 1. The molecule has 0 saturated carbocycles. The standard InChI is InChI=1S/C21H22NO4PS/c23-20(24)17(12-10-15-6-2-1-3-7-15)21(25,27-26)14-28-19-13-11-16-8-4-5-9-18(16)22-19/h1-9,11,13,17,25H,10,12,14,27H2,(H,23,24). The van der Waals surface area contributed by atoms with E-state index in [0.29, 0.717) is 11.4 Å². The van der Waals surface area contributed by atoms with Crippen LogP contribution >= 0.6 is 20.2 Å². The van der Waals surface area contributed by atoms with Crippen molar-refractivity contribution in [2.45, 2.75) is 23.2 Å². The number of rotatable bonds is 9. The van der Waals surface area contributed by atoms with Gasteiger partial charge in [-0.1, -0.05) is 54.6 Å². The molecule has 0 spiro atoms. The lowest BCUT2D eigenvalue weighted by molar-refractivity contribution is -0.146. The lowest BCUT2D eigenvalue weighted by Gasteiger charge is -2.28. The van der Waals surface area contributed by atoms with E-state index in [0.717, 1.165) is 16.5 Å². The van der Waals surface area contributed by atoms with Gasteiger partial charge in [-0.3, -0.25) is 4.79 Å². The molecule has 2 N–H and O–H groups in total. The number of carbonyl (C=O) groups is 1. The Balaban J connectivity index is 1.72. The van der Waals surface area contributed by atoms with E-state index in [1.54, 1.807) is 0 Å². The molecule has 3 aromatic rings. The number of pyridine rings is 1. The Bertz CT molecular complexity index is 969. The van der Waals surface area contributed by atoms with E-state index in [-0.39, 0.29) is 12.2 Å². The number of nitrogens with zero attached hydrogens (tertiary/aromatic N) is 1. The van der Waals surface area contributed by atoms with E-state index < -0.39 is 25.7 Å². The normalized spacial score (nSPS) is 14.9. The fourth-order valence-electron chi connectivity index (χ4n) is 3.08. The second-order valence-electron chi connectivity index (χ2n) is 6.66. The summed E-state index contributed by atoms with van der Waals surface area (Å²) in [5.41, 5.74) is 1.81. The molecular weight excluding hydrogens is 393 g/mol. The van der Waals surface area contributed by atoms with Crippen LogP contribution < -0.4 is 0 Å². The zero-order chi connectivity index (χ0) is 20.0. The minimum Gasteiger partial charge on any atom is -0.481 e. The number of thioether (sulfide) groups is 1. The number of benzene rings is 2. The topological polar surface area (TPSA) is 87.5 Å². The quantitative estimate of drug-likeness (QED) is 0.404. The number of carboxylic acids is 1. The molecule has 0 aliphatic heterocycles. The van der Waals surface area contributed by atoms with Crippen LogP contribution in [0.4, 0.5) is 0 Å². The summed E-state index contributed by atoms with van der Waals surface area (Å²) in [6.45, 7) is 0. The van der Waals surface area contributed by atoms with E-state index >= 15 is 0 Å². The molecule has 7 heteroatoms. The second kappa shape index (κ2) is 9.37. The van der Waals surface area contributed by atoms with Gasteiger partial charge in [0.1, 0.15) is 5.34 Å². The first-order chi connectivity index (χ1) is 13.5. The van der Waals surface area contributed by atoms with Crippen LogP contribution in [0.3, 0.4) is 0 Å². The summed E-state index contributed by atoms with van der Waals surface area (Å²) in [7, 11) is -1.69. The number of carboxylic acid groups (broad SMARTS) is 1. The minimum atomic E-state index is -1.77. The van der Waals surface area contributed by atoms with Gasteiger partial charge in [0, 0.05) is 11.1 Å². The molecule has 0 saturated heterocycles. The van der Waals surface area contributed by atoms with Crippen LogP contribution in [0, 0.1) is 5.92 Å². The first kappa shape index (κ1) is 20.6. The van der Waals surface area contributed by atoms with Gasteiger partial charge in [0.2, 0.25) is 0 Å². The SMILES string of the molecule is O=[PH2]C(O)(CSc1ccc2ccccc2n1)C(CCc1ccccc1)C(=O)O. The molecule has 28 heavy (non-hydrogen) atoms. The van der Waals surface area contributed by atoms with Crippen LogP contribution in [0.15, 0.2) is 71.8 Å². The largest absolute Gasteiger partial charge is 0.481 e. The van der Waals surface area contributed by atoms with E-state index in [1.165, 1.54) is 11.8 Å². The van der Waals surface area contributed by atoms with Gasteiger partial charge in [0.15, 0.2) is 0 Å². The second-order valence-corrected chi connectivity index (χ2v) is 8.89. The van der Waals surface area contributed by atoms with Gasteiger partial charge in [-0.15, -0.1) is 11.8 Å². The van der Waals surface area contributed by atoms with Crippen LogP contribution in [-0.4, -0.2) is 32.3 Å². The molecule has 1 aromatic heterocycles. The van der Waals surface area contributed by atoms with Gasteiger partial charge in [-0.25, -0.2) is 4.98 Å². The predicted molar refractivity (Wildman–Crippen MR) is 114 cm³/mol. The third-order valence-electron chi connectivity index (χ3n) is 4.69. The Morgan fingerprint density at radius 3 is 2.50 bits per heavy atom. The maximum Gasteiger partial charge on any atom is 0.309 e. The fraction of sp³-hybridized carbons (Fsp3) is 0.238. The van der Waals surface area contributed by atoms with Gasteiger partial charge in [0.05, 0.1) is 24.9 Å². The number of hydrogen-bond acceptors (Lipinski definition) is 5. The van der Waals surface area contributed by atoms with Crippen LogP contribution in [-0.2, 0) is 15.8 Å². The molecule has 0 aliphatic carbocycles. The van der Waals surface area contributed by atoms with Gasteiger partial charge in [-0.05, 0) is 30.5 Å². The highest BCUT2D eigenvalue weighted by Crippen LogP contribution is 2.37. The Morgan fingerprint density at radius 1 is 1.07 bits per heavy atom. The third-order valence-corrected chi connectivity index (χ3v) is 7.13. The highest BCUT2D eigenvalue weighted by atomic mass is 32.2. The van der Waals surface area contributed by atoms with E-state index in [2.05, 4.69) is 4.98 Å². The molecule has 3 unspecified atom stereocenters. The van der Waals surface area contributed by atoms with Gasteiger partial charge < -0.3 is 14.8 Å². The van der Waals surface area contributed by atoms with E-state index in [9.17, 15) is 19.6 Å². The summed E-state index contributed by atoms with van der Waals surface area (Å²) in [5, 5.41) is 20.4. The van der Waals surface area contributed by atoms with Crippen molar-refractivity contribution in [1.82, 2.24) is 4.98 Å². The summed E-state index contributed by atoms with van der Waals surface area (Å²) in [6, 6.07) is 20.9. The fourth-order valence-corrected chi connectivity index (χ4v) is 4.98. The Labute approximate surface area is 169 Å². The summed E-state index contributed by atoms with van der Waals surface area (Å²) < 4.78 is 11.9. The summed E-state index contributed by atoms with van der Waals surface area (Å²) in [4.78, 5) is 16.3. The van der Waals surface area contributed by atoms with Crippen molar-refractivity contribution in [2.24, 2.45) is 5.92 Å². The van der Waals surface area contributed by atoms with Crippen LogP contribution in [0.2, 0.25) is 0 Å². The maximum atomic E-state index is 11.9. The first-order valence-corrected chi connectivity index (χ1v) is 11.0. The first-order valence-electron chi connectivity index (χ1n) is 8.96. The average Bonchev–Trinajstić information content (AvgIpc) is 2.72. The molecule has 0 fully saturated rings. The van der Waals surface area contributed by atoms with Crippen LogP contribution in [0.5, 0.6) is 0 Å². The van der Waals surface area contributed by atoms with E-state index in [4.69, 9.17) is 0 Å². The maximum absolute atomic E-state index is 11.9. The zero-order valence-electron chi connectivity index (χ0n) is 15.2. The third kappa shape index (κ3) is 5.02. The number of aryl methyl sites for hydroxylation is 1. The smallest absolute Gasteiger partial charge is 0.309 e. The Morgan fingerprint density at radius 2 is 1.79 bits per heavy atom. The van der Waals surface area contributed by atoms with Gasteiger partial charge in [-0.2, -0.15) is 0 Å². The van der Waals surface area contributed by atoms with Crippen LogP contribution in [0.25, 0.3) is 10.9 Å². The van der Waals surface area contributed by atoms with Crippen molar-refractivity contribution < 1.29 is 19.6 Å². The number of hydrogen-bond donors (Lipinski definition) is 2. The molecule has 3 rings (SSSR count). The monoisotopic (exact) mass is 415 g/mol. The molecule has 0 aliphatic rings. The lowest BCUT2D eigenvalue weighted by Crippen LogP contribution is -2.40. The van der Waals surface area contributed by atoms with Crippen molar-refractivity contribution in [3.63, 3.8) is 0 Å². The summed E-state index contributed by atoms with van der Waals surface area (Å²) in [6.07, 6.45) is 0.718. The molecule has 1 heterocycles. The van der Waals surface area contributed by atoms with Crippen molar-refractivity contribution in [1.29, 1.82) is 0 Å². The Kier molecular flexibility index (Phi) is 6.89. The molecule has 5 nitrogen and oxygen atoms in total. The minimum absolute atomic E-state index is 0.0168. The molecule has 2 aromatic carbocycles. The zero-order valence-corrected chi connectivity index (χ0v) is 17.2. The molecule has 146 valence electrons. The Hall–Kier alpha value is -2.14. The summed E-state index contributed by atoms with van der Waals surface area (Å²) in [5.74, 6) is -2.22. The van der Waals surface area contributed by atoms with Crippen LogP contribution in [0.1, 0.15) is 12.0 Å². The number of para-hydroxylation sites is 1. The molecule has 0 radical (unpaired) electrons. The van der Waals surface area contributed by atoms with Crippen molar-refractivity contribution in [3.8, 4) is 0 Å². The molecule has 0 amide bonds. The highest BCUT2D eigenvalue weighted by molar-refractivity contribution is 7.99. The van der Waals surface area contributed by atoms with E-state index in [1.807, 2.05) is 66.7 Å². The van der Waals surface area contributed by atoms with Gasteiger partial charge >= 0.3 is 5.97 Å². The molecule has 3 atom stereocenters. The van der Waals surface area contributed by atoms with Gasteiger partial charge in [0.25, 0.3) is 0 Å². The summed E-state index contributed by atoms with van der Waals surface area (Å²) >= 11 is 1.23. The lowest BCUT2D eigenvalue weighted by atomic mass is 9.94. The number of aromatic nitrogens is 1. The van der Waals surface area contributed by atoms with Crippen molar-refractivity contribution in [2.75, 3.05) is 5.75 Å². The van der Waals surface area contributed by atoms with Crippen molar-refractivity contribution in [3.05, 3.63) is 72.3 Å². The predicted octanol–water partition coefficient (Wildman–Crippen LogP) is 4.11. The molecule has 0 bridgehead atoms. The number of fused-ring (bicyclic) bond motifs is 1. The highest BCUT2D eigenvalue weighted by Gasteiger charge is 2.40. The average molecular weight is 415 g/mol. The van der Waals surface area contributed by atoms with Crippen molar-refractivity contribution >= 4 is 37.1 Å².